The molecule has 0 saturated heterocycles. The van der Waals surface area contributed by atoms with Gasteiger partial charge in [0.05, 0.1) is 22.0 Å². The first-order valence-corrected chi connectivity index (χ1v) is 6.88. The van der Waals surface area contributed by atoms with E-state index in [4.69, 9.17) is 11.6 Å². The Bertz CT molecular complexity index is 997. The van der Waals surface area contributed by atoms with Crippen molar-refractivity contribution in [3.05, 3.63) is 73.5 Å². The normalized spacial score (nSPS) is 11.2. The van der Waals surface area contributed by atoms with Gasteiger partial charge in [-0.15, -0.1) is 0 Å². The lowest BCUT2D eigenvalue weighted by atomic mass is 10.2. The molecule has 8 heteroatoms. The van der Waals surface area contributed by atoms with Crippen molar-refractivity contribution in [3.8, 4) is 0 Å². The Kier molecular flexibility index (Phi) is 3.86. The zero-order valence-electron chi connectivity index (χ0n) is 11.6. The fraction of sp³-hybridized carbons (Fsp3) is 0. The van der Waals surface area contributed by atoms with Crippen molar-refractivity contribution in [1.82, 2.24) is 15.0 Å². The van der Waals surface area contributed by atoms with Crippen LogP contribution in [0.15, 0.2) is 41.5 Å². The summed E-state index contributed by atoms with van der Waals surface area (Å²) in [6.07, 6.45) is 6.26. The third kappa shape index (κ3) is 3.09. The predicted octanol–water partition coefficient (Wildman–Crippen LogP) is 3.05. The number of nitro groups is 1. The van der Waals surface area contributed by atoms with Gasteiger partial charge in [0.2, 0.25) is 0 Å². The van der Waals surface area contributed by atoms with Gasteiger partial charge in [-0.25, -0.2) is 4.98 Å². The first-order valence-electron chi connectivity index (χ1n) is 6.50. The maximum Gasteiger partial charge on any atom is 0.287 e. The van der Waals surface area contributed by atoms with Gasteiger partial charge < -0.3 is 4.98 Å². The summed E-state index contributed by atoms with van der Waals surface area (Å²) < 4.78 is 0. The maximum atomic E-state index is 11.9. The number of nitrogens with one attached hydrogen (secondary N) is 1. The summed E-state index contributed by atoms with van der Waals surface area (Å²) >= 11 is 5.85. The molecule has 1 N–H and O–H groups in total. The summed E-state index contributed by atoms with van der Waals surface area (Å²) in [5.74, 6) is 0.352. The van der Waals surface area contributed by atoms with E-state index >= 15 is 0 Å². The van der Waals surface area contributed by atoms with Gasteiger partial charge in [-0.1, -0.05) is 17.7 Å². The molecular weight excluding hydrogens is 320 g/mol. The van der Waals surface area contributed by atoms with E-state index in [0.29, 0.717) is 22.3 Å². The predicted molar refractivity (Wildman–Crippen MR) is 87.2 cm³/mol. The van der Waals surface area contributed by atoms with E-state index in [1.54, 1.807) is 24.3 Å². The highest BCUT2D eigenvalue weighted by molar-refractivity contribution is 6.32. The number of fused-ring (bicyclic) bond motifs is 1. The van der Waals surface area contributed by atoms with E-state index in [2.05, 4.69) is 15.0 Å². The SMILES string of the molecule is O=c1[nH]c(/C=C/c2ccc([N+](=O)[O-])c(Cl)c2)nc2cnccc12. The van der Waals surface area contributed by atoms with Crippen molar-refractivity contribution in [2.45, 2.75) is 0 Å². The Morgan fingerprint density at radius 2 is 2.09 bits per heavy atom. The lowest BCUT2D eigenvalue weighted by Gasteiger charge is -1.99. The van der Waals surface area contributed by atoms with Crippen molar-refractivity contribution < 1.29 is 4.92 Å². The molecule has 0 radical (unpaired) electrons. The first kappa shape index (κ1) is 14.9. The third-order valence-electron chi connectivity index (χ3n) is 3.13. The molecule has 2 heterocycles. The fourth-order valence-corrected chi connectivity index (χ4v) is 2.30. The summed E-state index contributed by atoms with van der Waals surface area (Å²) in [6, 6.07) is 5.94. The Morgan fingerprint density at radius 3 is 2.83 bits per heavy atom. The Hall–Kier alpha value is -3.06. The molecule has 0 fully saturated rings. The average Bonchev–Trinajstić information content (AvgIpc) is 2.53. The molecule has 0 aliphatic rings. The van der Waals surface area contributed by atoms with E-state index < -0.39 is 4.92 Å². The molecule has 114 valence electrons. The molecule has 0 atom stereocenters. The van der Waals surface area contributed by atoms with Crippen LogP contribution in [-0.4, -0.2) is 19.9 Å². The number of aromatic amines is 1. The molecule has 0 aliphatic heterocycles. The maximum absolute atomic E-state index is 11.9. The van der Waals surface area contributed by atoms with Gasteiger partial charge in [0, 0.05) is 12.3 Å². The number of benzene rings is 1. The molecular formula is C15H9ClN4O3. The van der Waals surface area contributed by atoms with E-state index in [1.807, 2.05) is 0 Å². The van der Waals surface area contributed by atoms with Gasteiger partial charge in [0.15, 0.2) is 0 Å². The summed E-state index contributed by atoms with van der Waals surface area (Å²) in [4.78, 5) is 32.9. The molecule has 0 bridgehead atoms. The van der Waals surface area contributed by atoms with Crippen LogP contribution in [0.2, 0.25) is 5.02 Å². The zero-order valence-corrected chi connectivity index (χ0v) is 12.3. The second-order valence-electron chi connectivity index (χ2n) is 4.65. The van der Waals surface area contributed by atoms with Crippen LogP contribution in [0.5, 0.6) is 0 Å². The highest BCUT2D eigenvalue weighted by atomic mass is 35.5. The fourth-order valence-electron chi connectivity index (χ4n) is 2.04. The number of halogens is 1. The third-order valence-corrected chi connectivity index (χ3v) is 3.43. The van der Waals surface area contributed by atoms with Crippen molar-refractivity contribution in [1.29, 1.82) is 0 Å². The Morgan fingerprint density at radius 1 is 1.26 bits per heavy atom. The minimum Gasteiger partial charge on any atom is -0.306 e. The highest BCUT2D eigenvalue weighted by Gasteiger charge is 2.11. The van der Waals surface area contributed by atoms with E-state index in [9.17, 15) is 14.9 Å². The van der Waals surface area contributed by atoms with Crippen molar-refractivity contribution in [3.63, 3.8) is 0 Å². The molecule has 0 unspecified atom stereocenters. The van der Waals surface area contributed by atoms with Gasteiger partial charge >= 0.3 is 0 Å². The molecule has 3 aromatic rings. The number of nitrogens with zero attached hydrogens (tertiary/aromatic N) is 3. The highest BCUT2D eigenvalue weighted by Crippen LogP contribution is 2.25. The topological polar surface area (TPSA) is 102 Å². The summed E-state index contributed by atoms with van der Waals surface area (Å²) in [6.45, 7) is 0. The molecule has 0 amide bonds. The molecule has 7 nitrogen and oxygen atoms in total. The second-order valence-corrected chi connectivity index (χ2v) is 5.05. The molecule has 23 heavy (non-hydrogen) atoms. The number of H-pyrrole nitrogens is 1. The van der Waals surface area contributed by atoms with Gasteiger partial charge in [-0.05, 0) is 29.8 Å². The van der Waals surface area contributed by atoms with Crippen molar-refractivity contribution >= 4 is 40.3 Å². The van der Waals surface area contributed by atoms with Gasteiger partial charge in [0.25, 0.3) is 11.2 Å². The van der Waals surface area contributed by atoms with Crippen LogP contribution >= 0.6 is 11.6 Å². The zero-order chi connectivity index (χ0) is 16.4. The van der Waals surface area contributed by atoms with Crippen LogP contribution in [0.4, 0.5) is 5.69 Å². The number of hydrogen-bond donors (Lipinski definition) is 1. The number of rotatable bonds is 3. The summed E-state index contributed by atoms with van der Waals surface area (Å²) in [5, 5.41) is 11.2. The lowest BCUT2D eigenvalue weighted by molar-refractivity contribution is -0.384. The van der Waals surface area contributed by atoms with Crippen LogP contribution in [-0.2, 0) is 0 Å². The average molecular weight is 329 g/mol. The molecule has 1 aromatic carbocycles. The van der Waals surface area contributed by atoms with Crippen LogP contribution in [0.1, 0.15) is 11.4 Å². The number of hydrogen-bond acceptors (Lipinski definition) is 5. The van der Waals surface area contributed by atoms with Crippen molar-refractivity contribution in [2.24, 2.45) is 0 Å². The van der Waals surface area contributed by atoms with E-state index in [-0.39, 0.29) is 16.3 Å². The number of aromatic nitrogens is 3. The van der Waals surface area contributed by atoms with Gasteiger partial charge in [0.1, 0.15) is 10.8 Å². The quantitative estimate of drug-likeness (QED) is 0.588. The first-order chi connectivity index (χ1) is 11.0. The second kappa shape index (κ2) is 5.98. The van der Waals surface area contributed by atoms with E-state index in [1.165, 1.54) is 24.5 Å². The summed E-state index contributed by atoms with van der Waals surface area (Å²) in [7, 11) is 0. The molecule has 2 aromatic heterocycles. The van der Waals surface area contributed by atoms with Crippen LogP contribution in [0.3, 0.4) is 0 Å². The molecule has 3 rings (SSSR count). The monoisotopic (exact) mass is 328 g/mol. The van der Waals surface area contributed by atoms with Crippen LogP contribution < -0.4 is 5.56 Å². The Balaban J connectivity index is 1.95. The minimum atomic E-state index is -0.550. The minimum absolute atomic E-state index is 0.0429. The number of nitro benzene ring substituents is 1. The molecule has 0 spiro atoms. The van der Waals surface area contributed by atoms with Crippen molar-refractivity contribution in [2.75, 3.05) is 0 Å². The van der Waals surface area contributed by atoms with Crippen LogP contribution in [0, 0.1) is 10.1 Å². The lowest BCUT2D eigenvalue weighted by Crippen LogP contribution is -2.09. The van der Waals surface area contributed by atoms with E-state index in [0.717, 1.165) is 0 Å². The van der Waals surface area contributed by atoms with Crippen LogP contribution in [0.25, 0.3) is 23.1 Å². The molecule has 0 saturated carbocycles. The molecule has 0 aliphatic carbocycles. The largest absolute Gasteiger partial charge is 0.306 e. The number of pyridine rings is 1. The Labute approximate surface area is 134 Å². The summed E-state index contributed by atoms with van der Waals surface area (Å²) in [5.41, 5.74) is 0.707. The standard InChI is InChI=1S/C15H9ClN4O3/c16-11-7-9(1-3-13(11)20(22)23)2-4-14-18-12-8-17-6-5-10(12)15(21)19-14/h1-8H,(H,18,19,21)/b4-2+. The van der Waals surface area contributed by atoms with Gasteiger partial charge in [-0.2, -0.15) is 0 Å². The van der Waals surface area contributed by atoms with Gasteiger partial charge in [-0.3, -0.25) is 19.9 Å². The smallest absolute Gasteiger partial charge is 0.287 e.